The molecule has 0 bridgehead atoms. The SMILES string of the molecule is COCCNCc1csc(N2CCOCC2)n1. The van der Waals surface area contributed by atoms with E-state index in [0.717, 1.165) is 56.8 Å². The molecule has 1 aliphatic heterocycles. The molecule has 0 atom stereocenters. The summed E-state index contributed by atoms with van der Waals surface area (Å²) < 4.78 is 10.3. The smallest absolute Gasteiger partial charge is 0.185 e. The van der Waals surface area contributed by atoms with E-state index in [1.54, 1.807) is 18.4 Å². The van der Waals surface area contributed by atoms with Crippen molar-refractivity contribution in [2.24, 2.45) is 0 Å². The van der Waals surface area contributed by atoms with E-state index < -0.39 is 0 Å². The summed E-state index contributed by atoms with van der Waals surface area (Å²) in [5.41, 5.74) is 1.10. The van der Waals surface area contributed by atoms with Gasteiger partial charge in [-0.15, -0.1) is 11.3 Å². The van der Waals surface area contributed by atoms with E-state index in [4.69, 9.17) is 9.47 Å². The first-order valence-electron chi connectivity index (χ1n) is 5.87. The summed E-state index contributed by atoms with van der Waals surface area (Å²) in [6, 6.07) is 0. The summed E-state index contributed by atoms with van der Waals surface area (Å²) in [5, 5.41) is 6.52. The molecule has 1 aromatic heterocycles. The van der Waals surface area contributed by atoms with Gasteiger partial charge in [-0.3, -0.25) is 0 Å². The lowest BCUT2D eigenvalue weighted by Crippen LogP contribution is -2.36. The van der Waals surface area contributed by atoms with Crippen LogP contribution in [0.3, 0.4) is 0 Å². The number of hydrogen-bond donors (Lipinski definition) is 1. The van der Waals surface area contributed by atoms with Crippen molar-refractivity contribution >= 4 is 16.5 Å². The number of thiazole rings is 1. The molecule has 1 saturated heterocycles. The molecule has 0 spiro atoms. The Kier molecular flexibility index (Phi) is 5.18. The minimum atomic E-state index is 0.737. The highest BCUT2D eigenvalue weighted by Gasteiger charge is 2.14. The maximum absolute atomic E-state index is 5.33. The van der Waals surface area contributed by atoms with Crippen LogP contribution in [-0.2, 0) is 16.0 Å². The van der Waals surface area contributed by atoms with Gasteiger partial charge in [0.25, 0.3) is 0 Å². The molecular formula is C11H19N3O2S. The largest absolute Gasteiger partial charge is 0.383 e. The molecular weight excluding hydrogens is 238 g/mol. The van der Waals surface area contributed by atoms with Gasteiger partial charge in [-0.05, 0) is 0 Å². The molecule has 6 heteroatoms. The molecule has 5 nitrogen and oxygen atoms in total. The van der Waals surface area contributed by atoms with E-state index in [1.807, 2.05) is 0 Å². The fourth-order valence-electron chi connectivity index (χ4n) is 1.67. The zero-order valence-corrected chi connectivity index (χ0v) is 11.0. The zero-order valence-electron chi connectivity index (χ0n) is 10.1. The van der Waals surface area contributed by atoms with Gasteiger partial charge in [0.05, 0.1) is 25.5 Å². The molecule has 1 aliphatic rings. The molecule has 0 amide bonds. The molecule has 0 saturated carbocycles. The molecule has 0 radical (unpaired) electrons. The Bertz CT molecular complexity index is 326. The van der Waals surface area contributed by atoms with Crippen molar-refractivity contribution in [2.45, 2.75) is 6.54 Å². The van der Waals surface area contributed by atoms with Gasteiger partial charge in [-0.1, -0.05) is 0 Å². The second kappa shape index (κ2) is 6.90. The maximum Gasteiger partial charge on any atom is 0.185 e. The number of rotatable bonds is 6. The number of anilines is 1. The Morgan fingerprint density at radius 3 is 3.12 bits per heavy atom. The van der Waals surface area contributed by atoms with Crippen LogP contribution in [0.15, 0.2) is 5.38 Å². The van der Waals surface area contributed by atoms with Crippen molar-refractivity contribution in [1.82, 2.24) is 10.3 Å². The van der Waals surface area contributed by atoms with E-state index >= 15 is 0 Å². The molecule has 17 heavy (non-hydrogen) atoms. The van der Waals surface area contributed by atoms with Gasteiger partial charge in [0.15, 0.2) is 5.13 Å². The molecule has 0 aromatic carbocycles. The molecule has 0 aliphatic carbocycles. The van der Waals surface area contributed by atoms with Crippen LogP contribution in [0, 0.1) is 0 Å². The summed E-state index contributed by atoms with van der Waals surface area (Å²) in [5.74, 6) is 0. The van der Waals surface area contributed by atoms with Crippen LogP contribution in [0.4, 0.5) is 5.13 Å². The Hall–Kier alpha value is -0.690. The normalized spacial score (nSPS) is 16.4. The lowest BCUT2D eigenvalue weighted by molar-refractivity contribution is 0.122. The quantitative estimate of drug-likeness (QED) is 0.761. The topological polar surface area (TPSA) is 46.6 Å². The zero-order chi connectivity index (χ0) is 11.9. The van der Waals surface area contributed by atoms with E-state index in [0.29, 0.717) is 0 Å². The fourth-order valence-corrected chi connectivity index (χ4v) is 2.55. The van der Waals surface area contributed by atoms with Crippen LogP contribution in [-0.4, -0.2) is 51.5 Å². The number of ether oxygens (including phenoxy) is 2. The van der Waals surface area contributed by atoms with Crippen LogP contribution < -0.4 is 10.2 Å². The van der Waals surface area contributed by atoms with Crippen molar-refractivity contribution in [3.05, 3.63) is 11.1 Å². The highest BCUT2D eigenvalue weighted by Crippen LogP contribution is 2.21. The number of hydrogen-bond acceptors (Lipinski definition) is 6. The van der Waals surface area contributed by atoms with Crippen molar-refractivity contribution in [1.29, 1.82) is 0 Å². The van der Waals surface area contributed by atoms with E-state index in [2.05, 4.69) is 20.6 Å². The van der Waals surface area contributed by atoms with Crippen molar-refractivity contribution in [3.8, 4) is 0 Å². The van der Waals surface area contributed by atoms with Gasteiger partial charge in [0, 0.05) is 38.7 Å². The Morgan fingerprint density at radius 2 is 2.35 bits per heavy atom. The predicted molar refractivity (Wildman–Crippen MR) is 68.7 cm³/mol. The average Bonchev–Trinajstić information content (AvgIpc) is 2.85. The number of nitrogens with one attached hydrogen (secondary N) is 1. The molecule has 1 aromatic rings. The van der Waals surface area contributed by atoms with Crippen LogP contribution in [0.5, 0.6) is 0 Å². The number of morpholine rings is 1. The number of aromatic nitrogens is 1. The monoisotopic (exact) mass is 257 g/mol. The van der Waals surface area contributed by atoms with Crippen molar-refractivity contribution < 1.29 is 9.47 Å². The maximum atomic E-state index is 5.33. The summed E-state index contributed by atoms with van der Waals surface area (Å²) in [4.78, 5) is 6.90. The minimum Gasteiger partial charge on any atom is -0.383 e. The molecule has 1 fully saturated rings. The highest BCUT2D eigenvalue weighted by molar-refractivity contribution is 7.13. The third-order valence-corrected chi connectivity index (χ3v) is 3.56. The van der Waals surface area contributed by atoms with Crippen molar-refractivity contribution in [2.75, 3.05) is 51.5 Å². The fraction of sp³-hybridized carbons (Fsp3) is 0.727. The average molecular weight is 257 g/mol. The molecule has 96 valence electrons. The molecule has 1 N–H and O–H groups in total. The lowest BCUT2D eigenvalue weighted by Gasteiger charge is -2.26. The first kappa shape index (κ1) is 12.8. The lowest BCUT2D eigenvalue weighted by atomic mass is 10.4. The third kappa shape index (κ3) is 3.92. The summed E-state index contributed by atoms with van der Waals surface area (Å²) in [7, 11) is 1.71. The number of methoxy groups -OCH3 is 1. The first-order valence-corrected chi connectivity index (χ1v) is 6.75. The van der Waals surface area contributed by atoms with Crippen molar-refractivity contribution in [3.63, 3.8) is 0 Å². The van der Waals surface area contributed by atoms with E-state index in [1.165, 1.54) is 0 Å². The van der Waals surface area contributed by atoms with Gasteiger partial charge < -0.3 is 19.7 Å². The van der Waals surface area contributed by atoms with Gasteiger partial charge in [-0.25, -0.2) is 4.98 Å². The van der Waals surface area contributed by atoms with Gasteiger partial charge in [0.2, 0.25) is 0 Å². The van der Waals surface area contributed by atoms with Crippen LogP contribution in [0.25, 0.3) is 0 Å². The Morgan fingerprint density at radius 1 is 1.53 bits per heavy atom. The summed E-state index contributed by atoms with van der Waals surface area (Å²) in [6.07, 6.45) is 0. The Balaban J connectivity index is 1.78. The minimum absolute atomic E-state index is 0.737. The van der Waals surface area contributed by atoms with E-state index in [-0.39, 0.29) is 0 Å². The molecule has 2 heterocycles. The van der Waals surface area contributed by atoms with Crippen LogP contribution in [0.1, 0.15) is 5.69 Å². The molecule has 2 rings (SSSR count). The second-order valence-corrected chi connectivity index (χ2v) is 4.73. The first-order chi connectivity index (χ1) is 8.40. The van der Waals surface area contributed by atoms with Crippen LogP contribution in [0.2, 0.25) is 0 Å². The van der Waals surface area contributed by atoms with Crippen LogP contribution >= 0.6 is 11.3 Å². The highest BCUT2D eigenvalue weighted by atomic mass is 32.1. The summed E-state index contributed by atoms with van der Waals surface area (Å²) in [6.45, 7) is 5.92. The van der Waals surface area contributed by atoms with Gasteiger partial charge in [-0.2, -0.15) is 0 Å². The third-order valence-electron chi connectivity index (χ3n) is 2.61. The van der Waals surface area contributed by atoms with E-state index in [9.17, 15) is 0 Å². The second-order valence-electron chi connectivity index (χ2n) is 3.89. The van der Waals surface area contributed by atoms with Gasteiger partial charge in [0.1, 0.15) is 0 Å². The summed E-state index contributed by atoms with van der Waals surface area (Å²) >= 11 is 1.71. The number of nitrogens with zero attached hydrogens (tertiary/aromatic N) is 2. The Labute approximate surface area is 106 Å². The van der Waals surface area contributed by atoms with Gasteiger partial charge >= 0.3 is 0 Å². The molecule has 0 unspecified atom stereocenters. The standard InChI is InChI=1S/C11H19N3O2S/c1-15-5-2-12-8-10-9-17-11(13-10)14-3-6-16-7-4-14/h9,12H,2-8H2,1H3. The predicted octanol–water partition coefficient (Wildman–Crippen LogP) is 0.716.